The summed E-state index contributed by atoms with van der Waals surface area (Å²) in [6.07, 6.45) is 45.2. The molecule has 0 radical (unpaired) electrons. The first kappa shape index (κ1) is 54.2. The van der Waals surface area contributed by atoms with E-state index in [1.165, 1.54) is 38.5 Å². The number of phosphoric ester groups is 1. The van der Waals surface area contributed by atoms with E-state index in [2.05, 4.69) is 79.9 Å². The Bertz CT molecular complexity index is 1200. The van der Waals surface area contributed by atoms with Crippen LogP contribution in [0.15, 0.2) is 60.8 Å². The van der Waals surface area contributed by atoms with Crippen LogP contribution in [0, 0.1) is 0 Å². The van der Waals surface area contributed by atoms with Gasteiger partial charge in [0.1, 0.15) is 12.7 Å². The molecular weight excluding hydrogens is 745 g/mol. The number of allylic oxidation sites excluding steroid dienone is 10. The van der Waals surface area contributed by atoms with Crippen LogP contribution in [-0.2, 0) is 32.7 Å². The lowest BCUT2D eigenvalue weighted by Gasteiger charge is -2.18. The van der Waals surface area contributed by atoms with Gasteiger partial charge in [0, 0.05) is 12.8 Å². The van der Waals surface area contributed by atoms with Gasteiger partial charge in [-0.15, -0.1) is 0 Å². The number of carbonyl (C=O) groups is 3. The van der Waals surface area contributed by atoms with Crippen molar-refractivity contribution < 1.29 is 47.8 Å². The molecule has 0 aliphatic carbocycles. The number of carboxylic acid groups (broad SMARTS) is 1. The van der Waals surface area contributed by atoms with Crippen LogP contribution in [0.25, 0.3) is 0 Å². The predicted molar refractivity (Wildman–Crippen MR) is 231 cm³/mol. The number of hydrogen-bond donors (Lipinski definition) is 4. The second-order valence-corrected chi connectivity index (χ2v) is 16.0. The second-order valence-electron chi connectivity index (χ2n) is 14.5. The number of hydrogen-bond acceptors (Lipinski definition) is 8. The molecule has 328 valence electrons. The van der Waals surface area contributed by atoms with E-state index in [-0.39, 0.29) is 12.8 Å². The molecule has 0 saturated heterocycles. The number of ether oxygens (including phenoxy) is 1. The Labute approximate surface area is 345 Å². The largest absolute Gasteiger partial charge is 0.480 e. The third kappa shape index (κ3) is 39.8. The van der Waals surface area contributed by atoms with E-state index < -0.39 is 57.6 Å². The first-order valence-corrected chi connectivity index (χ1v) is 23.3. The van der Waals surface area contributed by atoms with Crippen LogP contribution in [0.5, 0.6) is 0 Å². The Morgan fingerprint density at radius 3 is 1.53 bits per heavy atom. The van der Waals surface area contributed by atoms with Crippen LogP contribution in [-0.4, -0.2) is 64.9 Å². The Hall–Kier alpha value is -2.82. The van der Waals surface area contributed by atoms with Crippen molar-refractivity contribution in [2.45, 2.75) is 187 Å². The summed E-state index contributed by atoms with van der Waals surface area (Å²) in [5.41, 5.74) is 0. The fourth-order valence-electron chi connectivity index (χ4n) is 5.65. The molecule has 3 unspecified atom stereocenters. The van der Waals surface area contributed by atoms with Gasteiger partial charge >= 0.3 is 19.8 Å². The Balaban J connectivity index is 3.95. The average molecular weight is 824 g/mol. The van der Waals surface area contributed by atoms with Crippen molar-refractivity contribution in [3.8, 4) is 0 Å². The summed E-state index contributed by atoms with van der Waals surface area (Å²) in [7, 11) is -4.76. The smallest absolute Gasteiger partial charge is 0.472 e. The van der Waals surface area contributed by atoms with E-state index in [9.17, 15) is 34.1 Å². The molecule has 0 aliphatic heterocycles. The zero-order valence-electron chi connectivity index (χ0n) is 35.4. The number of carboxylic acids is 1. The lowest BCUT2D eigenvalue weighted by atomic mass is 10.1. The molecule has 0 aromatic carbocycles. The molecule has 0 aromatic heterocycles. The number of aliphatic hydroxyl groups excluding tert-OH is 1. The summed E-state index contributed by atoms with van der Waals surface area (Å²) >= 11 is 0. The Morgan fingerprint density at radius 2 is 1.02 bits per heavy atom. The van der Waals surface area contributed by atoms with Crippen LogP contribution >= 0.6 is 7.82 Å². The maximum absolute atomic E-state index is 12.3. The number of phosphoric acid groups is 1. The molecule has 12 heteroatoms. The number of carbonyl (C=O) groups excluding carboxylic acids is 2. The fourth-order valence-corrected chi connectivity index (χ4v) is 6.43. The average Bonchev–Trinajstić information content (AvgIpc) is 3.18. The maximum Gasteiger partial charge on any atom is 0.472 e. The topological polar surface area (TPSA) is 169 Å². The molecule has 0 rings (SSSR count). The van der Waals surface area contributed by atoms with Crippen molar-refractivity contribution in [3.63, 3.8) is 0 Å². The minimum atomic E-state index is -4.76. The van der Waals surface area contributed by atoms with Gasteiger partial charge in [-0.05, 0) is 77.0 Å². The Morgan fingerprint density at radius 1 is 0.579 bits per heavy atom. The molecule has 4 N–H and O–H groups in total. The van der Waals surface area contributed by atoms with Gasteiger partial charge in [-0.3, -0.25) is 18.6 Å². The zero-order valence-corrected chi connectivity index (χ0v) is 36.3. The molecule has 1 amide bonds. The number of nitrogens with one attached hydrogen (secondary N) is 1. The lowest BCUT2D eigenvalue weighted by molar-refractivity contribution is -0.147. The lowest BCUT2D eigenvalue weighted by Crippen LogP contribution is -2.43. The highest BCUT2D eigenvalue weighted by molar-refractivity contribution is 7.47. The maximum atomic E-state index is 12.3. The summed E-state index contributed by atoms with van der Waals surface area (Å²) < 4.78 is 26.8. The van der Waals surface area contributed by atoms with Gasteiger partial charge in [-0.25, -0.2) is 9.36 Å². The third-order valence-electron chi connectivity index (χ3n) is 9.04. The number of amides is 1. The van der Waals surface area contributed by atoms with Crippen LogP contribution in [0.4, 0.5) is 0 Å². The number of aliphatic carboxylic acids is 1. The second kappa shape index (κ2) is 40.0. The fraction of sp³-hybridized carbons (Fsp3) is 0.711. The summed E-state index contributed by atoms with van der Waals surface area (Å²) in [4.78, 5) is 45.9. The van der Waals surface area contributed by atoms with Crippen LogP contribution in [0.2, 0.25) is 0 Å². The highest BCUT2D eigenvalue weighted by atomic mass is 31.2. The van der Waals surface area contributed by atoms with Gasteiger partial charge < -0.3 is 25.2 Å². The molecule has 11 nitrogen and oxygen atoms in total. The summed E-state index contributed by atoms with van der Waals surface area (Å²) in [5, 5.41) is 21.8. The molecule has 57 heavy (non-hydrogen) atoms. The molecule has 0 bridgehead atoms. The van der Waals surface area contributed by atoms with Crippen LogP contribution < -0.4 is 5.32 Å². The van der Waals surface area contributed by atoms with Crippen LogP contribution in [0.3, 0.4) is 0 Å². The van der Waals surface area contributed by atoms with E-state index in [4.69, 9.17) is 13.8 Å². The summed E-state index contributed by atoms with van der Waals surface area (Å²) in [6.45, 7) is 2.43. The van der Waals surface area contributed by atoms with Crippen molar-refractivity contribution >= 4 is 25.7 Å². The third-order valence-corrected chi connectivity index (χ3v) is 9.99. The minimum absolute atomic E-state index is 0.133. The first-order chi connectivity index (χ1) is 27.6. The number of esters is 1. The number of rotatable bonds is 40. The van der Waals surface area contributed by atoms with Crippen molar-refractivity contribution in [2.75, 3.05) is 19.8 Å². The van der Waals surface area contributed by atoms with Gasteiger partial charge in [-0.1, -0.05) is 145 Å². The van der Waals surface area contributed by atoms with Crippen molar-refractivity contribution in [1.29, 1.82) is 0 Å². The van der Waals surface area contributed by atoms with Crippen molar-refractivity contribution in [2.24, 2.45) is 0 Å². The van der Waals surface area contributed by atoms with Crippen LogP contribution in [0.1, 0.15) is 174 Å². The number of unbranched alkanes of at least 4 members (excludes halogenated alkanes) is 16. The molecule has 0 aromatic rings. The van der Waals surface area contributed by atoms with Gasteiger partial charge in [0.15, 0.2) is 6.04 Å². The first-order valence-electron chi connectivity index (χ1n) is 21.8. The SMILES string of the molecule is CC/C=C\C/C=C\C/C=C\CCCCCCCC(=O)OCC(O)COP(=O)(O)OCC(NC(=O)CCCCCCCCC/C=C\C/C=C\CCCCCC)C(=O)O. The molecule has 0 fully saturated rings. The van der Waals surface area contributed by atoms with Gasteiger partial charge in [0.2, 0.25) is 5.91 Å². The molecule has 0 heterocycles. The Kier molecular flexibility index (Phi) is 38.0. The van der Waals surface area contributed by atoms with Crippen molar-refractivity contribution in [3.05, 3.63) is 60.8 Å². The molecule has 0 spiro atoms. The molecular formula is C45H78NO10P. The standard InChI is InChI=1S/C45H78NO10P/c1-3-5-7-9-11-13-15-17-19-20-21-23-24-26-28-30-32-34-36-43(48)46-42(45(50)51)40-56-57(52,53)55-39-41(47)38-54-44(49)37-35-33-31-29-27-25-22-18-16-14-12-10-8-6-4-2/h6,8,12-15,18-20,22,41-42,47H,3-5,7,9-11,16-17,21,23-40H2,1-2H3,(H,46,48)(H,50,51)(H,52,53)/b8-6-,14-12-,15-13-,20-19-,22-18-. The highest BCUT2D eigenvalue weighted by Gasteiger charge is 2.28. The van der Waals surface area contributed by atoms with Gasteiger partial charge in [-0.2, -0.15) is 0 Å². The number of aliphatic hydroxyl groups is 1. The highest BCUT2D eigenvalue weighted by Crippen LogP contribution is 2.43. The monoisotopic (exact) mass is 824 g/mol. The van der Waals surface area contributed by atoms with E-state index in [1.54, 1.807) is 0 Å². The van der Waals surface area contributed by atoms with Gasteiger partial charge in [0.25, 0.3) is 0 Å². The van der Waals surface area contributed by atoms with E-state index in [1.807, 2.05) is 0 Å². The van der Waals surface area contributed by atoms with E-state index in [0.29, 0.717) is 12.8 Å². The molecule has 0 aliphatic rings. The van der Waals surface area contributed by atoms with E-state index in [0.717, 1.165) is 96.3 Å². The summed E-state index contributed by atoms with van der Waals surface area (Å²) in [6, 6.07) is -1.56. The quantitative estimate of drug-likeness (QED) is 0.0202. The minimum Gasteiger partial charge on any atom is -0.480 e. The van der Waals surface area contributed by atoms with Gasteiger partial charge in [0.05, 0.1) is 13.2 Å². The molecule has 0 saturated carbocycles. The normalized spacial score (nSPS) is 14.3. The molecule has 3 atom stereocenters. The zero-order chi connectivity index (χ0) is 42.1. The van der Waals surface area contributed by atoms with E-state index >= 15 is 0 Å². The summed E-state index contributed by atoms with van der Waals surface area (Å²) in [5.74, 6) is -2.41. The van der Waals surface area contributed by atoms with Crippen molar-refractivity contribution in [1.82, 2.24) is 5.32 Å². The predicted octanol–water partition coefficient (Wildman–Crippen LogP) is 11.2.